The van der Waals surface area contributed by atoms with Gasteiger partial charge in [-0.05, 0) is 30.8 Å². The highest BCUT2D eigenvalue weighted by Crippen LogP contribution is 2.10. The maximum Gasteiger partial charge on any atom is 0.354 e. The van der Waals surface area contributed by atoms with Crippen molar-refractivity contribution in [1.82, 2.24) is 25.1 Å². The van der Waals surface area contributed by atoms with Crippen molar-refractivity contribution in [3.05, 3.63) is 59.2 Å². The van der Waals surface area contributed by atoms with Crippen molar-refractivity contribution in [3.63, 3.8) is 0 Å². The van der Waals surface area contributed by atoms with Gasteiger partial charge in [0.15, 0.2) is 0 Å². The molecule has 0 spiro atoms. The summed E-state index contributed by atoms with van der Waals surface area (Å²) in [5, 5.41) is 12.7. The summed E-state index contributed by atoms with van der Waals surface area (Å²) in [5.74, 6) is -0.998. The van der Waals surface area contributed by atoms with Crippen LogP contribution in [0, 0.1) is 0 Å². The number of fused-ring (bicyclic) bond motifs is 2. The van der Waals surface area contributed by atoms with Crippen LogP contribution in [0.2, 0.25) is 0 Å². The van der Waals surface area contributed by atoms with Gasteiger partial charge in [-0.15, -0.1) is 0 Å². The summed E-state index contributed by atoms with van der Waals surface area (Å²) in [4.78, 5) is 24.9. The van der Waals surface area contributed by atoms with Crippen molar-refractivity contribution in [3.8, 4) is 0 Å². The molecule has 0 fully saturated rings. The Morgan fingerprint density at radius 1 is 1.04 bits per heavy atom. The molecule has 0 amide bonds. The number of aromatic carboxylic acids is 1. The zero-order valence-corrected chi connectivity index (χ0v) is 15.8. The van der Waals surface area contributed by atoms with Crippen molar-refractivity contribution in [2.45, 2.75) is 26.6 Å². The molecular formula is C20H27N5O2. The van der Waals surface area contributed by atoms with E-state index in [0.717, 1.165) is 56.4 Å². The van der Waals surface area contributed by atoms with E-state index in [1.807, 2.05) is 12.1 Å². The molecule has 3 heterocycles. The molecule has 7 heteroatoms. The number of carbonyl (C=O) groups is 1. The topological polar surface area (TPSA) is 81.6 Å². The van der Waals surface area contributed by atoms with E-state index in [9.17, 15) is 4.79 Å². The lowest BCUT2D eigenvalue weighted by molar-refractivity contribution is 0.0690. The lowest BCUT2D eigenvalue weighted by Crippen LogP contribution is -2.37. The second kappa shape index (κ2) is 9.55. The highest BCUT2D eigenvalue weighted by Gasteiger charge is 2.13. The molecule has 3 rings (SSSR count). The van der Waals surface area contributed by atoms with E-state index in [1.54, 1.807) is 6.07 Å². The normalized spacial score (nSPS) is 17.1. The zero-order valence-electron chi connectivity index (χ0n) is 15.8. The smallest absolute Gasteiger partial charge is 0.354 e. The number of likely N-dealkylation sites (N-methyl/N-ethyl adjacent to an activating group) is 1. The van der Waals surface area contributed by atoms with E-state index < -0.39 is 5.97 Å². The zero-order chi connectivity index (χ0) is 19.1. The van der Waals surface area contributed by atoms with E-state index in [0.29, 0.717) is 13.1 Å². The van der Waals surface area contributed by atoms with E-state index in [4.69, 9.17) is 10.1 Å². The molecule has 1 aliphatic heterocycles. The first kappa shape index (κ1) is 19.4. The molecular weight excluding hydrogens is 342 g/mol. The Labute approximate surface area is 160 Å². The second-order valence-corrected chi connectivity index (χ2v) is 6.77. The minimum atomic E-state index is -0.998. The van der Waals surface area contributed by atoms with Crippen LogP contribution >= 0.6 is 0 Å². The number of nitrogens with zero attached hydrogens (tertiary/aromatic N) is 4. The van der Waals surface area contributed by atoms with Crippen LogP contribution in [-0.2, 0) is 19.6 Å². The third-order valence-corrected chi connectivity index (χ3v) is 4.70. The van der Waals surface area contributed by atoms with Crippen LogP contribution in [0.5, 0.6) is 0 Å². The average Bonchev–Trinajstić information content (AvgIpc) is 2.66. The molecule has 0 saturated carbocycles. The van der Waals surface area contributed by atoms with Gasteiger partial charge in [0, 0.05) is 45.8 Å². The van der Waals surface area contributed by atoms with Gasteiger partial charge < -0.3 is 10.4 Å². The Kier molecular flexibility index (Phi) is 6.86. The number of rotatable bonds is 4. The summed E-state index contributed by atoms with van der Waals surface area (Å²) >= 11 is 0. The lowest BCUT2D eigenvalue weighted by Gasteiger charge is -2.25. The molecule has 0 radical (unpaired) electrons. The number of hydrogen-bond acceptors (Lipinski definition) is 6. The molecule has 0 atom stereocenters. The molecule has 1 aliphatic rings. The Hall–Kier alpha value is -2.35. The van der Waals surface area contributed by atoms with Gasteiger partial charge in [0.2, 0.25) is 0 Å². The molecule has 7 nitrogen and oxygen atoms in total. The van der Waals surface area contributed by atoms with Gasteiger partial charge in [-0.25, -0.2) is 9.78 Å². The summed E-state index contributed by atoms with van der Waals surface area (Å²) in [6, 6.07) is 11.3. The predicted molar refractivity (Wildman–Crippen MR) is 103 cm³/mol. The monoisotopic (exact) mass is 369 g/mol. The summed E-state index contributed by atoms with van der Waals surface area (Å²) < 4.78 is 0. The standard InChI is InChI=1S/C20H27N5O2/c1-2-24-11-9-21-10-12-25(14-17-6-3-5-16(13-24)22-17)15-18-7-4-8-19(23-18)20(26)27/h3-8,21H,2,9-15H2,1H3,(H,26,27). The van der Waals surface area contributed by atoms with E-state index in [2.05, 4.69) is 39.2 Å². The first-order chi connectivity index (χ1) is 13.1. The quantitative estimate of drug-likeness (QED) is 0.847. The van der Waals surface area contributed by atoms with Crippen molar-refractivity contribution >= 4 is 5.97 Å². The largest absolute Gasteiger partial charge is 0.477 e. The fourth-order valence-corrected chi connectivity index (χ4v) is 3.24. The molecule has 2 aromatic heterocycles. The third-order valence-electron chi connectivity index (χ3n) is 4.70. The van der Waals surface area contributed by atoms with Crippen molar-refractivity contribution in [2.24, 2.45) is 0 Å². The SMILES string of the molecule is CCN1CCNCCN(Cc2cccc(C(=O)O)n2)Cc2cccc(n2)C1. The van der Waals surface area contributed by atoms with Gasteiger partial charge in [0.25, 0.3) is 0 Å². The van der Waals surface area contributed by atoms with E-state index >= 15 is 0 Å². The van der Waals surface area contributed by atoms with Crippen LogP contribution in [0.3, 0.4) is 0 Å². The van der Waals surface area contributed by atoms with Crippen molar-refractivity contribution in [2.75, 3.05) is 32.7 Å². The number of carboxylic acids is 1. The minimum Gasteiger partial charge on any atom is -0.477 e. The molecule has 0 saturated heterocycles. The summed E-state index contributed by atoms with van der Waals surface area (Å²) in [6.07, 6.45) is 0. The predicted octanol–water partition coefficient (Wildman–Crippen LogP) is 1.60. The Morgan fingerprint density at radius 3 is 2.41 bits per heavy atom. The Bertz CT molecular complexity index is 768. The molecule has 2 aromatic rings. The van der Waals surface area contributed by atoms with Crippen molar-refractivity contribution in [1.29, 1.82) is 0 Å². The number of pyridine rings is 2. The third kappa shape index (κ3) is 5.82. The summed E-state index contributed by atoms with van der Waals surface area (Å²) in [6.45, 7) is 8.98. The number of aromatic nitrogens is 2. The molecule has 0 unspecified atom stereocenters. The first-order valence-electron chi connectivity index (χ1n) is 9.43. The molecule has 2 N–H and O–H groups in total. The summed E-state index contributed by atoms with van der Waals surface area (Å²) in [7, 11) is 0. The lowest BCUT2D eigenvalue weighted by atomic mass is 10.2. The van der Waals surface area contributed by atoms with Crippen molar-refractivity contribution < 1.29 is 9.90 Å². The second-order valence-electron chi connectivity index (χ2n) is 6.77. The van der Waals surface area contributed by atoms with Gasteiger partial charge in [0.1, 0.15) is 5.69 Å². The van der Waals surface area contributed by atoms with Gasteiger partial charge in [-0.2, -0.15) is 0 Å². The van der Waals surface area contributed by atoms with Gasteiger partial charge in [-0.3, -0.25) is 14.8 Å². The van der Waals surface area contributed by atoms with Crippen LogP contribution in [0.4, 0.5) is 0 Å². The van der Waals surface area contributed by atoms with Crippen LogP contribution in [-0.4, -0.2) is 63.6 Å². The number of nitrogens with one attached hydrogen (secondary N) is 1. The molecule has 144 valence electrons. The fourth-order valence-electron chi connectivity index (χ4n) is 3.24. The molecule has 27 heavy (non-hydrogen) atoms. The van der Waals surface area contributed by atoms with Gasteiger partial charge in [0.05, 0.1) is 17.1 Å². The maximum absolute atomic E-state index is 11.2. The van der Waals surface area contributed by atoms with Crippen LogP contribution in [0.15, 0.2) is 36.4 Å². The molecule has 0 aliphatic carbocycles. The fraction of sp³-hybridized carbons (Fsp3) is 0.450. The average molecular weight is 369 g/mol. The Balaban J connectivity index is 1.77. The molecule has 2 bridgehead atoms. The minimum absolute atomic E-state index is 0.0831. The van der Waals surface area contributed by atoms with E-state index in [-0.39, 0.29) is 5.69 Å². The highest BCUT2D eigenvalue weighted by atomic mass is 16.4. The van der Waals surface area contributed by atoms with Crippen LogP contribution in [0.1, 0.15) is 34.5 Å². The number of hydrogen-bond donors (Lipinski definition) is 2. The highest BCUT2D eigenvalue weighted by molar-refractivity contribution is 5.85. The first-order valence-corrected chi connectivity index (χ1v) is 9.43. The summed E-state index contributed by atoms with van der Waals surface area (Å²) in [5.41, 5.74) is 2.95. The number of carboxylic acid groups (broad SMARTS) is 1. The van der Waals surface area contributed by atoms with E-state index in [1.165, 1.54) is 6.07 Å². The van der Waals surface area contributed by atoms with Gasteiger partial charge >= 0.3 is 5.97 Å². The maximum atomic E-state index is 11.2. The van der Waals surface area contributed by atoms with Gasteiger partial charge in [-0.1, -0.05) is 19.1 Å². The Morgan fingerprint density at radius 2 is 1.70 bits per heavy atom. The van der Waals surface area contributed by atoms with Crippen LogP contribution in [0.25, 0.3) is 0 Å². The van der Waals surface area contributed by atoms with Crippen LogP contribution < -0.4 is 5.32 Å². The molecule has 0 aromatic carbocycles.